The predicted octanol–water partition coefficient (Wildman–Crippen LogP) is 2.56. The third-order valence-corrected chi connectivity index (χ3v) is 6.50. The van der Waals surface area contributed by atoms with Crippen LogP contribution in [0.15, 0.2) is 64.5 Å². The molecular weight excluding hydrogens is 428 g/mol. The molecule has 0 fully saturated rings. The first-order valence-corrected chi connectivity index (χ1v) is 11.0. The number of aromatic nitrogens is 2. The van der Waals surface area contributed by atoms with Crippen LogP contribution in [0.25, 0.3) is 0 Å². The molecule has 1 aromatic heterocycles. The Kier molecular flexibility index (Phi) is 4.87. The lowest BCUT2D eigenvalue weighted by molar-refractivity contribution is -0.152. The monoisotopic (exact) mass is 448 g/mol. The molecule has 1 N–H and O–H groups in total. The third-order valence-electron chi connectivity index (χ3n) is 5.64. The van der Waals surface area contributed by atoms with Crippen molar-refractivity contribution in [2.24, 2.45) is 0 Å². The number of likely N-dealkylation sites (N-methyl/N-ethyl adjacent to an activating group) is 1. The lowest BCUT2D eigenvalue weighted by atomic mass is 9.97. The zero-order valence-electron chi connectivity index (χ0n) is 17.5. The normalized spacial score (nSPS) is 19.2. The molecular formula is C23H20N4O4S. The van der Waals surface area contributed by atoms with Gasteiger partial charge in [-0.05, 0) is 19.1 Å². The Morgan fingerprint density at radius 1 is 1.16 bits per heavy atom. The van der Waals surface area contributed by atoms with Crippen molar-refractivity contribution in [2.45, 2.75) is 24.4 Å². The minimum absolute atomic E-state index is 0.0367. The van der Waals surface area contributed by atoms with Crippen LogP contribution in [-0.2, 0) is 26.7 Å². The van der Waals surface area contributed by atoms with Crippen molar-refractivity contribution >= 4 is 35.0 Å². The Labute approximate surface area is 188 Å². The lowest BCUT2D eigenvalue weighted by Crippen LogP contribution is -2.59. The number of H-pyrrole nitrogens is 1. The SMILES string of the molecule is Cc1cc(=O)[nH]c(SCC(=O)N2c3ccccc3CO[C@@]23C(=O)N(C)c2ccccc23)n1. The zero-order valence-corrected chi connectivity index (χ0v) is 18.3. The summed E-state index contributed by atoms with van der Waals surface area (Å²) in [5, 5.41) is 0.346. The summed E-state index contributed by atoms with van der Waals surface area (Å²) in [5.41, 5.74) is 1.48. The second kappa shape index (κ2) is 7.61. The van der Waals surface area contributed by atoms with Gasteiger partial charge < -0.3 is 14.6 Å². The number of nitrogens with one attached hydrogen (secondary N) is 1. The van der Waals surface area contributed by atoms with E-state index in [9.17, 15) is 14.4 Å². The molecule has 162 valence electrons. The molecule has 9 heteroatoms. The largest absolute Gasteiger partial charge is 0.338 e. The van der Waals surface area contributed by atoms with Crippen LogP contribution < -0.4 is 15.4 Å². The number of aryl methyl sites for hydroxylation is 1. The molecule has 0 saturated heterocycles. The van der Waals surface area contributed by atoms with Gasteiger partial charge in [-0.25, -0.2) is 4.98 Å². The summed E-state index contributed by atoms with van der Waals surface area (Å²) >= 11 is 1.11. The molecule has 3 aromatic rings. The van der Waals surface area contributed by atoms with Gasteiger partial charge in [0.15, 0.2) is 5.16 Å². The Morgan fingerprint density at radius 2 is 1.88 bits per heavy atom. The quantitative estimate of drug-likeness (QED) is 0.489. The lowest BCUT2D eigenvalue weighted by Gasteiger charge is -2.43. The fourth-order valence-corrected chi connectivity index (χ4v) is 5.02. The van der Waals surface area contributed by atoms with Crippen LogP contribution in [-0.4, -0.2) is 34.6 Å². The van der Waals surface area contributed by atoms with Gasteiger partial charge in [0.1, 0.15) is 0 Å². The highest BCUT2D eigenvalue weighted by Gasteiger charge is 2.59. The summed E-state index contributed by atoms with van der Waals surface area (Å²) in [6.45, 7) is 1.92. The van der Waals surface area contributed by atoms with Crippen LogP contribution in [0.3, 0.4) is 0 Å². The summed E-state index contributed by atoms with van der Waals surface area (Å²) < 4.78 is 6.22. The molecule has 1 spiro atoms. The number of thioether (sulfide) groups is 1. The van der Waals surface area contributed by atoms with E-state index in [-0.39, 0.29) is 29.7 Å². The van der Waals surface area contributed by atoms with E-state index in [4.69, 9.17) is 4.74 Å². The van der Waals surface area contributed by atoms with E-state index in [1.807, 2.05) is 48.5 Å². The first-order valence-electron chi connectivity index (χ1n) is 10.0. The van der Waals surface area contributed by atoms with Gasteiger partial charge in [0.25, 0.3) is 17.2 Å². The summed E-state index contributed by atoms with van der Waals surface area (Å²) in [5.74, 6) is -0.691. The average Bonchev–Trinajstić information content (AvgIpc) is 2.99. The molecule has 2 aromatic carbocycles. The molecule has 0 bridgehead atoms. The fourth-order valence-electron chi connectivity index (χ4n) is 4.25. The highest BCUT2D eigenvalue weighted by atomic mass is 32.2. The van der Waals surface area contributed by atoms with Crippen LogP contribution in [0.5, 0.6) is 0 Å². The molecule has 0 unspecified atom stereocenters. The summed E-state index contributed by atoms with van der Waals surface area (Å²) in [7, 11) is 1.68. The van der Waals surface area contributed by atoms with E-state index in [1.165, 1.54) is 15.9 Å². The number of benzene rings is 2. The maximum Gasteiger partial charge on any atom is 0.285 e. The molecule has 0 saturated carbocycles. The van der Waals surface area contributed by atoms with Crippen molar-refractivity contribution in [3.05, 3.63) is 81.8 Å². The second-order valence-corrected chi connectivity index (χ2v) is 8.62. The summed E-state index contributed by atoms with van der Waals surface area (Å²) in [6.07, 6.45) is 0. The van der Waals surface area contributed by atoms with Crippen molar-refractivity contribution in [1.82, 2.24) is 9.97 Å². The van der Waals surface area contributed by atoms with E-state index in [2.05, 4.69) is 9.97 Å². The van der Waals surface area contributed by atoms with Gasteiger partial charge in [-0.3, -0.25) is 19.3 Å². The maximum atomic E-state index is 13.7. The number of ether oxygens (including phenoxy) is 1. The number of aromatic amines is 1. The van der Waals surface area contributed by atoms with Crippen LogP contribution in [0, 0.1) is 6.92 Å². The van der Waals surface area contributed by atoms with Gasteiger partial charge in [0.05, 0.1) is 23.7 Å². The molecule has 2 amide bonds. The minimum atomic E-state index is -1.58. The van der Waals surface area contributed by atoms with Crippen LogP contribution in [0.2, 0.25) is 0 Å². The molecule has 32 heavy (non-hydrogen) atoms. The number of carbonyl (C=O) groups excluding carboxylic acids is 2. The molecule has 2 aliphatic rings. The van der Waals surface area contributed by atoms with Crippen molar-refractivity contribution in [3.8, 4) is 0 Å². The van der Waals surface area contributed by atoms with E-state index >= 15 is 0 Å². The van der Waals surface area contributed by atoms with Crippen molar-refractivity contribution in [2.75, 3.05) is 22.6 Å². The first kappa shape index (κ1) is 20.5. The number of para-hydroxylation sites is 2. The predicted molar refractivity (Wildman–Crippen MR) is 121 cm³/mol. The molecule has 2 aliphatic heterocycles. The fraction of sp³-hybridized carbons (Fsp3) is 0.217. The van der Waals surface area contributed by atoms with E-state index in [0.717, 1.165) is 17.3 Å². The molecule has 0 aliphatic carbocycles. The number of rotatable bonds is 3. The molecule has 8 nitrogen and oxygen atoms in total. The van der Waals surface area contributed by atoms with Gasteiger partial charge in [0.2, 0.25) is 5.91 Å². The number of carbonyl (C=O) groups is 2. The van der Waals surface area contributed by atoms with Gasteiger partial charge in [-0.1, -0.05) is 48.2 Å². The molecule has 1 atom stereocenters. The first-order chi connectivity index (χ1) is 15.4. The topological polar surface area (TPSA) is 95.6 Å². The molecule has 3 heterocycles. The third kappa shape index (κ3) is 3.04. The summed E-state index contributed by atoms with van der Waals surface area (Å²) in [6, 6.07) is 16.1. The van der Waals surface area contributed by atoms with E-state index in [0.29, 0.717) is 27.8 Å². The Hall–Kier alpha value is -3.43. The Balaban J connectivity index is 1.59. The van der Waals surface area contributed by atoms with Gasteiger partial charge in [-0.15, -0.1) is 0 Å². The van der Waals surface area contributed by atoms with Gasteiger partial charge in [0, 0.05) is 29.9 Å². The number of nitrogens with zero attached hydrogens (tertiary/aromatic N) is 3. The van der Waals surface area contributed by atoms with Crippen molar-refractivity contribution in [1.29, 1.82) is 0 Å². The second-order valence-electron chi connectivity index (χ2n) is 7.65. The number of amides is 2. The molecule has 0 radical (unpaired) electrons. The van der Waals surface area contributed by atoms with E-state index < -0.39 is 5.72 Å². The van der Waals surface area contributed by atoms with Crippen LogP contribution in [0.4, 0.5) is 11.4 Å². The number of fused-ring (bicyclic) bond motifs is 3. The van der Waals surface area contributed by atoms with E-state index in [1.54, 1.807) is 14.0 Å². The zero-order chi connectivity index (χ0) is 22.5. The van der Waals surface area contributed by atoms with Crippen LogP contribution >= 0.6 is 11.8 Å². The maximum absolute atomic E-state index is 13.7. The minimum Gasteiger partial charge on any atom is -0.338 e. The number of anilines is 2. The average molecular weight is 449 g/mol. The molecule has 5 rings (SSSR count). The van der Waals surface area contributed by atoms with Gasteiger partial charge in [-0.2, -0.15) is 0 Å². The smallest absolute Gasteiger partial charge is 0.285 e. The highest BCUT2D eigenvalue weighted by Crippen LogP contribution is 2.49. The van der Waals surface area contributed by atoms with Crippen LogP contribution in [0.1, 0.15) is 16.8 Å². The highest BCUT2D eigenvalue weighted by molar-refractivity contribution is 7.99. The summed E-state index contributed by atoms with van der Waals surface area (Å²) in [4.78, 5) is 48.9. The van der Waals surface area contributed by atoms with Crippen molar-refractivity contribution in [3.63, 3.8) is 0 Å². The van der Waals surface area contributed by atoms with Gasteiger partial charge >= 0.3 is 0 Å². The Bertz CT molecular complexity index is 1310. The number of hydrogen-bond acceptors (Lipinski definition) is 6. The number of hydrogen-bond donors (Lipinski definition) is 1. The Morgan fingerprint density at radius 3 is 2.66 bits per heavy atom. The van der Waals surface area contributed by atoms with Crippen molar-refractivity contribution < 1.29 is 14.3 Å². The standard InChI is InChI=1S/C23H20N4O4S/c1-14-11-19(28)25-22(24-14)32-13-20(29)27-17-9-5-3-7-15(17)12-31-23(27)16-8-4-6-10-18(16)26(2)21(23)30/h3-11H,12-13H2,1-2H3,(H,24,25,28)/t23-/m0/s1.